The number of benzene rings is 2. The number of nitrogens with zero attached hydrogens (tertiary/aromatic N) is 2. The third-order valence-corrected chi connectivity index (χ3v) is 6.30. The summed E-state index contributed by atoms with van der Waals surface area (Å²) < 4.78 is 15.3. The number of hydrogen-bond acceptors (Lipinski definition) is 4. The van der Waals surface area contributed by atoms with Crippen LogP contribution in [0.15, 0.2) is 48.0 Å². The van der Waals surface area contributed by atoms with Gasteiger partial charge in [0.25, 0.3) is 11.8 Å². The van der Waals surface area contributed by atoms with Crippen molar-refractivity contribution in [3.63, 3.8) is 0 Å². The van der Waals surface area contributed by atoms with E-state index in [1.54, 1.807) is 37.3 Å². The second-order valence-corrected chi connectivity index (χ2v) is 9.27. The lowest BCUT2D eigenvalue weighted by molar-refractivity contribution is -0.122. The summed E-state index contributed by atoms with van der Waals surface area (Å²) in [5.41, 5.74) is 3.21. The smallest absolute Gasteiger partial charge is 0.335 e. The van der Waals surface area contributed by atoms with Crippen molar-refractivity contribution in [1.29, 1.82) is 0 Å². The lowest BCUT2D eigenvalue weighted by Crippen LogP contribution is -2.54. The number of carbonyl (C=O) groups is 3. The molecule has 2 aliphatic heterocycles. The Hall–Kier alpha value is -3.74. The van der Waals surface area contributed by atoms with Gasteiger partial charge in [-0.15, -0.1) is 0 Å². The summed E-state index contributed by atoms with van der Waals surface area (Å²) in [6, 6.07) is 9.17. The number of allylic oxidation sites excluding steroid dienone is 1. The number of carbonyl (C=O) groups excluding carboxylic acids is 3. The number of amides is 4. The van der Waals surface area contributed by atoms with Crippen LogP contribution in [-0.2, 0) is 9.59 Å². The highest BCUT2D eigenvalue weighted by Crippen LogP contribution is 2.40. The minimum absolute atomic E-state index is 0.111. The van der Waals surface area contributed by atoms with Gasteiger partial charge in [0.1, 0.15) is 11.4 Å². The maximum Gasteiger partial charge on any atom is 0.335 e. The SMILES string of the molecule is CCCN1c2cc(F)c(/C=C3/C(=O)NC(=O)N(c4ccccc4C)C3=O)cc2C(C)=CC1(C)C. The highest BCUT2D eigenvalue weighted by molar-refractivity contribution is 6.39. The molecule has 4 rings (SSSR count). The van der Waals surface area contributed by atoms with E-state index >= 15 is 4.39 Å². The molecular formula is C27H28FN3O3. The molecule has 0 unspecified atom stereocenters. The van der Waals surface area contributed by atoms with Crippen LogP contribution in [0.4, 0.5) is 20.6 Å². The van der Waals surface area contributed by atoms with Crippen LogP contribution >= 0.6 is 0 Å². The molecule has 2 heterocycles. The summed E-state index contributed by atoms with van der Waals surface area (Å²) in [6.07, 6.45) is 4.26. The molecule has 0 radical (unpaired) electrons. The Bertz CT molecular complexity index is 1280. The van der Waals surface area contributed by atoms with E-state index < -0.39 is 23.7 Å². The van der Waals surface area contributed by atoms with E-state index in [1.807, 2.05) is 6.92 Å². The molecular weight excluding hydrogens is 433 g/mol. The number of aryl methyl sites for hydroxylation is 1. The van der Waals surface area contributed by atoms with Crippen LogP contribution in [-0.4, -0.2) is 29.9 Å². The van der Waals surface area contributed by atoms with Crippen LogP contribution in [0.25, 0.3) is 11.6 Å². The summed E-state index contributed by atoms with van der Waals surface area (Å²) in [5.74, 6) is -2.18. The van der Waals surface area contributed by atoms with Gasteiger partial charge in [0, 0.05) is 23.4 Å². The van der Waals surface area contributed by atoms with E-state index in [-0.39, 0.29) is 16.7 Å². The fraction of sp³-hybridized carbons (Fsp3) is 0.296. The van der Waals surface area contributed by atoms with Gasteiger partial charge in [-0.05, 0) is 69.5 Å². The Kier molecular flexibility index (Phi) is 5.89. The number of rotatable bonds is 4. The molecule has 6 nitrogen and oxygen atoms in total. The monoisotopic (exact) mass is 461 g/mol. The van der Waals surface area contributed by atoms with Crippen molar-refractivity contribution in [2.45, 2.75) is 46.6 Å². The Morgan fingerprint density at radius 2 is 1.76 bits per heavy atom. The van der Waals surface area contributed by atoms with Crippen LogP contribution in [0.5, 0.6) is 0 Å². The molecule has 0 aromatic heterocycles. The van der Waals surface area contributed by atoms with Gasteiger partial charge in [0.05, 0.1) is 11.2 Å². The first-order valence-electron chi connectivity index (χ1n) is 11.3. The highest BCUT2D eigenvalue weighted by Gasteiger charge is 2.38. The number of nitrogens with one attached hydrogen (secondary N) is 1. The van der Waals surface area contributed by atoms with Gasteiger partial charge in [-0.25, -0.2) is 14.1 Å². The van der Waals surface area contributed by atoms with Gasteiger partial charge >= 0.3 is 6.03 Å². The molecule has 7 heteroatoms. The van der Waals surface area contributed by atoms with E-state index in [9.17, 15) is 14.4 Å². The van der Waals surface area contributed by atoms with E-state index in [4.69, 9.17) is 0 Å². The largest absolute Gasteiger partial charge is 0.362 e. The molecule has 1 fully saturated rings. The fourth-order valence-electron chi connectivity index (χ4n) is 4.70. The molecule has 0 spiro atoms. The zero-order valence-corrected chi connectivity index (χ0v) is 20.0. The maximum absolute atomic E-state index is 15.3. The van der Waals surface area contributed by atoms with Crippen molar-refractivity contribution in [3.8, 4) is 0 Å². The number of halogens is 1. The van der Waals surface area contributed by atoms with Gasteiger partial charge in [-0.3, -0.25) is 14.9 Å². The number of fused-ring (bicyclic) bond motifs is 1. The average Bonchev–Trinajstić information content (AvgIpc) is 2.75. The Morgan fingerprint density at radius 1 is 1.06 bits per heavy atom. The third-order valence-electron chi connectivity index (χ3n) is 6.30. The first-order chi connectivity index (χ1) is 16.0. The lowest BCUT2D eigenvalue weighted by atomic mass is 9.87. The average molecular weight is 462 g/mol. The molecule has 1 N–H and O–H groups in total. The summed E-state index contributed by atoms with van der Waals surface area (Å²) in [7, 11) is 0. The zero-order chi connectivity index (χ0) is 24.8. The standard InChI is InChI=1S/C27H28FN3O3/c1-6-11-30-23-14-21(28)18(12-19(23)17(3)15-27(30,4)5)13-20-24(32)29-26(34)31(25(20)33)22-10-8-7-9-16(22)2/h7-10,12-15H,6,11H2,1-5H3,(H,29,32,34)/b20-13-. The third kappa shape index (κ3) is 3.91. The van der Waals surface area contributed by atoms with Gasteiger partial charge in [0.2, 0.25) is 0 Å². The summed E-state index contributed by atoms with van der Waals surface area (Å²) >= 11 is 0. The first kappa shape index (κ1) is 23.4. The van der Waals surface area contributed by atoms with Crippen molar-refractivity contribution >= 4 is 40.9 Å². The molecule has 0 aliphatic carbocycles. The summed E-state index contributed by atoms with van der Waals surface area (Å²) in [5, 5.41) is 2.20. The van der Waals surface area contributed by atoms with E-state index in [2.05, 4.69) is 37.1 Å². The van der Waals surface area contributed by atoms with Crippen molar-refractivity contribution < 1.29 is 18.8 Å². The Morgan fingerprint density at radius 3 is 2.44 bits per heavy atom. The number of hydrogen-bond donors (Lipinski definition) is 1. The van der Waals surface area contributed by atoms with Crippen molar-refractivity contribution in [2.75, 3.05) is 16.3 Å². The molecule has 1 saturated heterocycles. The zero-order valence-electron chi connectivity index (χ0n) is 20.0. The van der Waals surface area contributed by atoms with Gasteiger partial charge in [0.15, 0.2) is 0 Å². The first-order valence-corrected chi connectivity index (χ1v) is 11.3. The highest BCUT2D eigenvalue weighted by atomic mass is 19.1. The Labute approximate surface area is 198 Å². The van der Waals surface area contributed by atoms with Crippen LogP contribution in [0.2, 0.25) is 0 Å². The molecule has 4 amide bonds. The number of barbiturate groups is 1. The molecule has 0 bridgehead atoms. The van der Waals surface area contributed by atoms with Gasteiger partial charge < -0.3 is 4.90 Å². The topological polar surface area (TPSA) is 69.7 Å². The number of para-hydroxylation sites is 1. The minimum Gasteiger partial charge on any atom is -0.362 e. The molecule has 176 valence electrons. The van der Waals surface area contributed by atoms with Crippen LogP contribution in [0, 0.1) is 12.7 Å². The van der Waals surface area contributed by atoms with Gasteiger partial charge in [-0.1, -0.05) is 31.2 Å². The number of imide groups is 2. The molecule has 0 atom stereocenters. The van der Waals surface area contributed by atoms with Crippen molar-refractivity contribution in [2.24, 2.45) is 0 Å². The molecule has 34 heavy (non-hydrogen) atoms. The maximum atomic E-state index is 15.3. The van der Waals surface area contributed by atoms with Crippen LogP contribution in [0.1, 0.15) is 50.8 Å². The molecule has 2 aromatic carbocycles. The normalized spacial score (nSPS) is 18.7. The quantitative estimate of drug-likeness (QED) is 0.501. The summed E-state index contributed by atoms with van der Waals surface area (Å²) in [4.78, 5) is 41.4. The molecule has 2 aromatic rings. The summed E-state index contributed by atoms with van der Waals surface area (Å²) in [6.45, 7) is 10.7. The Balaban J connectivity index is 1.80. The van der Waals surface area contributed by atoms with E-state index in [1.165, 1.54) is 12.1 Å². The lowest BCUT2D eigenvalue weighted by Gasteiger charge is -2.43. The molecule has 0 saturated carbocycles. The van der Waals surface area contributed by atoms with Gasteiger partial charge in [-0.2, -0.15) is 0 Å². The molecule has 2 aliphatic rings. The minimum atomic E-state index is -0.849. The van der Waals surface area contributed by atoms with E-state index in [0.717, 1.165) is 34.7 Å². The fourth-order valence-corrected chi connectivity index (χ4v) is 4.70. The second-order valence-electron chi connectivity index (χ2n) is 9.27. The number of urea groups is 1. The van der Waals surface area contributed by atoms with Crippen LogP contribution < -0.4 is 15.1 Å². The van der Waals surface area contributed by atoms with Crippen molar-refractivity contribution in [1.82, 2.24) is 5.32 Å². The van der Waals surface area contributed by atoms with E-state index in [0.29, 0.717) is 11.3 Å². The second kappa shape index (κ2) is 8.56. The van der Waals surface area contributed by atoms with Crippen LogP contribution in [0.3, 0.4) is 0 Å². The van der Waals surface area contributed by atoms with Crippen molar-refractivity contribution in [3.05, 3.63) is 70.6 Å². The predicted octanol–water partition coefficient (Wildman–Crippen LogP) is 5.21. The predicted molar refractivity (Wildman–Crippen MR) is 132 cm³/mol. The number of anilines is 2.